The lowest BCUT2D eigenvalue weighted by atomic mass is 9.93. The van der Waals surface area contributed by atoms with Crippen LogP contribution in [0.1, 0.15) is 5.56 Å². The Morgan fingerprint density at radius 2 is 0.941 bits per heavy atom. The average molecular weight is 449 g/mol. The van der Waals surface area contributed by atoms with E-state index in [9.17, 15) is 0 Å². The molecule has 160 valence electrons. The Labute approximate surface area is 201 Å². The zero-order valence-electron chi connectivity index (χ0n) is 19.1. The third-order valence-corrected chi connectivity index (χ3v) is 12.4. The molecule has 1 aliphatic heterocycles. The maximum absolute atomic E-state index is 2.48. The van der Waals surface area contributed by atoms with E-state index in [1.807, 2.05) is 0 Å². The normalized spacial score (nSPS) is 13.7. The van der Waals surface area contributed by atoms with Crippen molar-refractivity contribution in [2.75, 3.05) is 0 Å². The van der Waals surface area contributed by atoms with Crippen molar-refractivity contribution in [3.05, 3.63) is 133 Å². The Bertz CT molecular complexity index is 1660. The summed E-state index contributed by atoms with van der Waals surface area (Å²) in [5.74, 6) is 0. The molecule has 0 fully saturated rings. The first kappa shape index (κ1) is 19.5. The molecule has 6 aromatic rings. The smallest absolute Gasteiger partial charge is 0.0623 e. The molecule has 0 N–H and O–H groups in total. The van der Waals surface area contributed by atoms with Gasteiger partial charge in [0.15, 0.2) is 8.07 Å². The Kier molecular flexibility index (Phi) is 4.18. The predicted octanol–water partition coefficient (Wildman–Crippen LogP) is 5.66. The largest absolute Gasteiger partial charge is 0.180 e. The Balaban J connectivity index is 1.77. The van der Waals surface area contributed by atoms with E-state index in [0.717, 1.165) is 0 Å². The van der Waals surface area contributed by atoms with Gasteiger partial charge in [-0.2, -0.15) is 0 Å². The van der Waals surface area contributed by atoms with Gasteiger partial charge in [-0.1, -0.05) is 133 Å². The van der Waals surface area contributed by atoms with Crippen LogP contribution < -0.4 is 20.7 Å². The predicted molar refractivity (Wildman–Crippen MR) is 149 cm³/mol. The molecule has 0 bridgehead atoms. The van der Waals surface area contributed by atoms with Crippen molar-refractivity contribution in [2.45, 2.75) is 6.92 Å². The van der Waals surface area contributed by atoms with Crippen molar-refractivity contribution in [3.63, 3.8) is 0 Å². The summed E-state index contributed by atoms with van der Waals surface area (Å²) in [6.45, 7) is 2.21. The highest BCUT2D eigenvalue weighted by Crippen LogP contribution is 2.38. The highest BCUT2D eigenvalue weighted by molar-refractivity contribution is 7.22. The molecule has 0 spiro atoms. The SMILES string of the molecule is Cc1ccc2ccc3c(c2c1)-c1c(ccc2ccccc12)[Si]3(c1ccccc1)c1ccccc1. The minimum absolute atomic E-state index is 1.31. The summed E-state index contributed by atoms with van der Waals surface area (Å²) in [5.41, 5.74) is 4.18. The first-order valence-electron chi connectivity index (χ1n) is 12.0. The maximum atomic E-state index is 2.44. The third kappa shape index (κ3) is 2.53. The quantitative estimate of drug-likeness (QED) is 0.299. The van der Waals surface area contributed by atoms with Crippen LogP contribution in [0, 0.1) is 6.92 Å². The number of rotatable bonds is 2. The van der Waals surface area contributed by atoms with Gasteiger partial charge in [-0.05, 0) is 60.3 Å². The fourth-order valence-corrected chi connectivity index (χ4v) is 11.4. The zero-order chi connectivity index (χ0) is 22.7. The van der Waals surface area contributed by atoms with Gasteiger partial charge in [0, 0.05) is 0 Å². The second-order valence-electron chi connectivity index (χ2n) is 9.40. The van der Waals surface area contributed by atoms with Gasteiger partial charge in [-0.25, -0.2) is 0 Å². The van der Waals surface area contributed by atoms with Gasteiger partial charge in [-0.15, -0.1) is 0 Å². The summed E-state index contributed by atoms with van der Waals surface area (Å²) >= 11 is 0. The molecule has 1 aliphatic rings. The van der Waals surface area contributed by atoms with E-state index in [0.29, 0.717) is 0 Å². The molecule has 1 heteroatoms. The van der Waals surface area contributed by atoms with Crippen LogP contribution in [0.5, 0.6) is 0 Å². The van der Waals surface area contributed by atoms with E-state index in [4.69, 9.17) is 0 Å². The van der Waals surface area contributed by atoms with Crippen LogP contribution in [0.4, 0.5) is 0 Å². The summed E-state index contributed by atoms with van der Waals surface area (Å²) < 4.78 is 0. The molecule has 1 heterocycles. The van der Waals surface area contributed by atoms with Crippen molar-refractivity contribution >= 4 is 50.4 Å². The van der Waals surface area contributed by atoms with Crippen molar-refractivity contribution < 1.29 is 0 Å². The van der Waals surface area contributed by atoms with Crippen LogP contribution in [-0.2, 0) is 0 Å². The van der Waals surface area contributed by atoms with Crippen LogP contribution in [0.3, 0.4) is 0 Å². The van der Waals surface area contributed by atoms with Gasteiger partial charge < -0.3 is 0 Å². The fourth-order valence-electron chi connectivity index (χ4n) is 6.18. The number of fused-ring (bicyclic) bond motifs is 7. The summed E-state index contributed by atoms with van der Waals surface area (Å²) in [6, 6.07) is 47.9. The summed E-state index contributed by atoms with van der Waals surface area (Å²) in [6.07, 6.45) is 0. The monoisotopic (exact) mass is 448 g/mol. The molecule has 6 aromatic carbocycles. The standard InChI is InChI=1S/C33H24Si/c1-23-16-17-25-19-21-31-33(29(25)22-23)32-28-15-9-8-10-24(28)18-20-30(32)34(31,26-11-4-2-5-12-26)27-13-6-3-7-14-27/h2-22H,1H3. The van der Waals surface area contributed by atoms with Crippen molar-refractivity contribution in [2.24, 2.45) is 0 Å². The molecular formula is C33H24Si. The second kappa shape index (κ2) is 7.28. The molecule has 0 unspecified atom stereocenters. The summed E-state index contributed by atoms with van der Waals surface area (Å²) in [5, 5.41) is 11.3. The molecule has 0 aliphatic carbocycles. The maximum Gasteiger partial charge on any atom is 0.180 e. The number of aryl methyl sites for hydroxylation is 1. The van der Waals surface area contributed by atoms with Gasteiger partial charge in [0.05, 0.1) is 0 Å². The van der Waals surface area contributed by atoms with Crippen LogP contribution >= 0.6 is 0 Å². The van der Waals surface area contributed by atoms with E-state index in [-0.39, 0.29) is 0 Å². The number of benzene rings is 6. The van der Waals surface area contributed by atoms with Crippen LogP contribution in [0.2, 0.25) is 0 Å². The molecular weight excluding hydrogens is 424 g/mol. The highest BCUT2D eigenvalue weighted by atomic mass is 28.3. The minimum Gasteiger partial charge on any atom is -0.0623 e. The van der Waals surface area contributed by atoms with Crippen LogP contribution in [0.25, 0.3) is 32.7 Å². The van der Waals surface area contributed by atoms with Gasteiger partial charge in [0.2, 0.25) is 0 Å². The lowest BCUT2D eigenvalue weighted by molar-refractivity contribution is 1.51. The van der Waals surface area contributed by atoms with Crippen molar-refractivity contribution in [1.82, 2.24) is 0 Å². The topological polar surface area (TPSA) is 0 Å². The number of hydrogen-bond acceptors (Lipinski definition) is 0. The molecule has 0 atom stereocenters. The van der Waals surface area contributed by atoms with E-state index in [1.165, 1.54) is 59.0 Å². The summed E-state index contributed by atoms with van der Waals surface area (Å²) in [4.78, 5) is 0. The average Bonchev–Trinajstić information content (AvgIpc) is 3.21. The summed E-state index contributed by atoms with van der Waals surface area (Å²) in [7, 11) is -2.48. The van der Waals surface area contributed by atoms with Gasteiger partial charge >= 0.3 is 0 Å². The van der Waals surface area contributed by atoms with Crippen molar-refractivity contribution in [1.29, 1.82) is 0 Å². The van der Waals surface area contributed by atoms with Gasteiger partial charge in [0.25, 0.3) is 0 Å². The minimum atomic E-state index is -2.48. The highest BCUT2D eigenvalue weighted by Gasteiger charge is 2.49. The lowest BCUT2D eigenvalue weighted by Crippen LogP contribution is -2.72. The Morgan fingerprint density at radius 3 is 1.59 bits per heavy atom. The Morgan fingerprint density at radius 1 is 0.441 bits per heavy atom. The first-order valence-corrected chi connectivity index (χ1v) is 14.0. The molecule has 0 radical (unpaired) electrons. The third-order valence-electron chi connectivity index (χ3n) is 7.58. The van der Waals surface area contributed by atoms with E-state index in [1.54, 1.807) is 0 Å². The van der Waals surface area contributed by atoms with Gasteiger partial charge in [-0.3, -0.25) is 0 Å². The Hall–Kier alpha value is -3.94. The second-order valence-corrected chi connectivity index (χ2v) is 13.1. The van der Waals surface area contributed by atoms with Gasteiger partial charge in [0.1, 0.15) is 0 Å². The fraction of sp³-hybridized carbons (Fsp3) is 0.0303. The first-order chi connectivity index (χ1) is 16.8. The van der Waals surface area contributed by atoms with E-state index in [2.05, 4.69) is 134 Å². The molecule has 34 heavy (non-hydrogen) atoms. The molecule has 7 rings (SSSR count). The molecule has 0 nitrogen and oxygen atoms in total. The number of hydrogen-bond donors (Lipinski definition) is 0. The van der Waals surface area contributed by atoms with E-state index < -0.39 is 8.07 Å². The molecule has 0 saturated carbocycles. The molecule has 0 saturated heterocycles. The van der Waals surface area contributed by atoms with Crippen LogP contribution in [-0.4, -0.2) is 8.07 Å². The lowest BCUT2D eigenvalue weighted by Gasteiger charge is -2.31. The molecule has 0 aromatic heterocycles. The van der Waals surface area contributed by atoms with Crippen LogP contribution in [0.15, 0.2) is 127 Å². The molecule has 0 amide bonds. The van der Waals surface area contributed by atoms with E-state index >= 15 is 0 Å². The zero-order valence-corrected chi connectivity index (χ0v) is 20.1. The van der Waals surface area contributed by atoms with Crippen molar-refractivity contribution in [3.8, 4) is 11.1 Å².